The van der Waals surface area contributed by atoms with E-state index >= 15 is 0 Å². The summed E-state index contributed by atoms with van der Waals surface area (Å²) in [6.07, 6.45) is 8.55. The molecule has 2 fully saturated rings. The maximum atomic E-state index is 12.1. The Morgan fingerprint density at radius 2 is 1.76 bits per heavy atom. The van der Waals surface area contributed by atoms with Gasteiger partial charge < -0.3 is 15.0 Å². The third kappa shape index (κ3) is 5.17. The van der Waals surface area contributed by atoms with Gasteiger partial charge in [0, 0.05) is 19.1 Å². The fourth-order valence-corrected chi connectivity index (χ4v) is 3.18. The van der Waals surface area contributed by atoms with Gasteiger partial charge in [0.1, 0.15) is 5.60 Å². The van der Waals surface area contributed by atoms with Crippen molar-refractivity contribution in [3.63, 3.8) is 0 Å². The van der Waals surface area contributed by atoms with Crippen LogP contribution < -0.4 is 5.32 Å². The van der Waals surface area contributed by atoms with Crippen molar-refractivity contribution in [2.45, 2.75) is 83.4 Å². The van der Waals surface area contributed by atoms with Crippen molar-refractivity contribution in [3.05, 3.63) is 0 Å². The Hall–Kier alpha value is -0.770. The fourth-order valence-electron chi connectivity index (χ4n) is 3.18. The second-order valence-corrected chi connectivity index (χ2v) is 7.80. The van der Waals surface area contributed by atoms with E-state index in [9.17, 15) is 4.79 Å². The minimum absolute atomic E-state index is 0.187. The van der Waals surface area contributed by atoms with Crippen LogP contribution in [-0.4, -0.2) is 42.3 Å². The van der Waals surface area contributed by atoms with Crippen LogP contribution in [0.3, 0.4) is 0 Å². The lowest BCUT2D eigenvalue weighted by atomic mass is 9.84. The van der Waals surface area contributed by atoms with Crippen molar-refractivity contribution in [1.82, 2.24) is 10.2 Å². The Kier molecular flexibility index (Phi) is 5.53. The number of amides is 1. The predicted octanol–water partition coefficient (Wildman–Crippen LogP) is 3.55. The normalized spacial score (nSPS) is 27.0. The number of nitrogens with one attached hydrogen (secondary N) is 1. The molecule has 122 valence electrons. The van der Waals surface area contributed by atoms with Crippen LogP contribution >= 0.6 is 0 Å². The molecule has 0 atom stereocenters. The van der Waals surface area contributed by atoms with Gasteiger partial charge in [-0.05, 0) is 71.8 Å². The molecular formula is C17H32N2O2. The molecule has 21 heavy (non-hydrogen) atoms. The molecular weight excluding hydrogens is 264 g/mol. The minimum atomic E-state index is -0.410. The van der Waals surface area contributed by atoms with Gasteiger partial charge >= 0.3 is 6.09 Å². The zero-order valence-electron chi connectivity index (χ0n) is 14.2. The third-order valence-corrected chi connectivity index (χ3v) is 4.85. The zero-order chi connectivity index (χ0) is 15.5. The number of carbonyl (C=O) groups excluding carboxylic acids is 1. The first-order chi connectivity index (χ1) is 9.85. The molecule has 0 aromatic carbocycles. The van der Waals surface area contributed by atoms with Crippen LogP contribution in [0.2, 0.25) is 0 Å². The lowest BCUT2D eigenvalue weighted by molar-refractivity contribution is 0.0178. The van der Waals surface area contributed by atoms with E-state index in [0.717, 1.165) is 18.8 Å². The van der Waals surface area contributed by atoms with Crippen LogP contribution in [0.4, 0.5) is 4.79 Å². The molecule has 4 heteroatoms. The average molecular weight is 296 g/mol. The van der Waals surface area contributed by atoms with Gasteiger partial charge in [0.05, 0.1) is 0 Å². The molecule has 0 aliphatic heterocycles. The molecule has 2 saturated carbocycles. The summed E-state index contributed by atoms with van der Waals surface area (Å²) in [4.78, 5) is 13.9. The monoisotopic (exact) mass is 296 g/mol. The maximum absolute atomic E-state index is 12.1. The first-order valence-electron chi connectivity index (χ1n) is 8.54. The van der Waals surface area contributed by atoms with Crippen molar-refractivity contribution < 1.29 is 9.53 Å². The summed E-state index contributed by atoms with van der Waals surface area (Å²) in [7, 11) is 1.88. The highest BCUT2D eigenvalue weighted by Gasteiger charge is 2.29. The Labute approximate surface area is 129 Å². The van der Waals surface area contributed by atoms with Crippen molar-refractivity contribution >= 4 is 6.09 Å². The number of hydrogen-bond acceptors (Lipinski definition) is 3. The molecule has 0 aromatic rings. The van der Waals surface area contributed by atoms with Gasteiger partial charge in [0.25, 0.3) is 0 Å². The van der Waals surface area contributed by atoms with Crippen molar-refractivity contribution in [3.8, 4) is 0 Å². The second-order valence-electron chi connectivity index (χ2n) is 7.80. The lowest BCUT2D eigenvalue weighted by Crippen LogP contribution is -2.45. The van der Waals surface area contributed by atoms with Gasteiger partial charge in [-0.2, -0.15) is 0 Å². The minimum Gasteiger partial charge on any atom is -0.444 e. The van der Waals surface area contributed by atoms with E-state index in [-0.39, 0.29) is 6.09 Å². The average Bonchev–Trinajstić information content (AvgIpc) is 2.35. The summed E-state index contributed by atoms with van der Waals surface area (Å²) in [5.41, 5.74) is -0.410. The predicted molar refractivity (Wildman–Crippen MR) is 85.4 cm³/mol. The second kappa shape index (κ2) is 6.99. The van der Waals surface area contributed by atoms with Gasteiger partial charge in [0.2, 0.25) is 0 Å². The molecule has 2 aliphatic carbocycles. The zero-order valence-corrected chi connectivity index (χ0v) is 14.2. The highest BCUT2D eigenvalue weighted by molar-refractivity contribution is 5.68. The number of hydrogen-bond donors (Lipinski definition) is 1. The highest BCUT2D eigenvalue weighted by Crippen LogP contribution is 2.27. The molecule has 0 aromatic heterocycles. The van der Waals surface area contributed by atoms with Crippen LogP contribution in [0.1, 0.15) is 65.7 Å². The maximum Gasteiger partial charge on any atom is 0.410 e. The third-order valence-electron chi connectivity index (χ3n) is 4.85. The first kappa shape index (κ1) is 16.6. The van der Waals surface area contributed by atoms with Gasteiger partial charge in [0.15, 0.2) is 0 Å². The van der Waals surface area contributed by atoms with E-state index in [2.05, 4.69) is 5.32 Å². The van der Waals surface area contributed by atoms with Crippen molar-refractivity contribution in [1.29, 1.82) is 0 Å². The van der Waals surface area contributed by atoms with E-state index < -0.39 is 5.60 Å². The summed E-state index contributed by atoms with van der Waals surface area (Å²) >= 11 is 0. The molecule has 2 aliphatic rings. The molecule has 0 unspecified atom stereocenters. The van der Waals surface area contributed by atoms with E-state index in [0.29, 0.717) is 12.1 Å². The molecule has 4 nitrogen and oxygen atoms in total. The van der Waals surface area contributed by atoms with Crippen LogP contribution in [0.5, 0.6) is 0 Å². The summed E-state index contributed by atoms with van der Waals surface area (Å²) in [5, 5.41) is 3.72. The summed E-state index contributed by atoms with van der Waals surface area (Å²) < 4.78 is 5.45. The summed E-state index contributed by atoms with van der Waals surface area (Å²) in [6.45, 7) is 6.94. The molecule has 1 N–H and O–H groups in total. The standard InChI is InChI=1S/C17H32N2O2/c1-17(2,3)21-16(20)19(4)15-10-8-14(9-11-15)18-12-13-6-5-7-13/h13-15,18H,5-12H2,1-4H3. The van der Waals surface area contributed by atoms with Gasteiger partial charge in [-0.15, -0.1) is 0 Å². The highest BCUT2D eigenvalue weighted by atomic mass is 16.6. The molecule has 2 rings (SSSR count). The van der Waals surface area contributed by atoms with E-state index in [4.69, 9.17) is 4.74 Å². The Balaban J connectivity index is 1.68. The van der Waals surface area contributed by atoms with Crippen LogP contribution in [0.25, 0.3) is 0 Å². The van der Waals surface area contributed by atoms with Crippen LogP contribution in [-0.2, 0) is 4.74 Å². The van der Waals surface area contributed by atoms with Crippen molar-refractivity contribution in [2.24, 2.45) is 5.92 Å². The van der Waals surface area contributed by atoms with Gasteiger partial charge in [-0.3, -0.25) is 0 Å². The quantitative estimate of drug-likeness (QED) is 0.862. The van der Waals surface area contributed by atoms with Gasteiger partial charge in [-0.1, -0.05) is 6.42 Å². The van der Waals surface area contributed by atoms with E-state index in [1.165, 1.54) is 38.6 Å². The molecule has 0 radical (unpaired) electrons. The molecule has 0 spiro atoms. The molecule has 1 amide bonds. The summed E-state index contributed by atoms with van der Waals surface area (Å²) in [5.74, 6) is 0.923. The molecule has 0 heterocycles. The van der Waals surface area contributed by atoms with Gasteiger partial charge in [-0.25, -0.2) is 4.79 Å². The number of nitrogens with zero attached hydrogens (tertiary/aromatic N) is 1. The van der Waals surface area contributed by atoms with E-state index in [1.807, 2.05) is 27.8 Å². The molecule has 0 saturated heterocycles. The van der Waals surface area contributed by atoms with E-state index in [1.54, 1.807) is 4.90 Å². The fraction of sp³-hybridized carbons (Fsp3) is 0.941. The van der Waals surface area contributed by atoms with Crippen LogP contribution in [0.15, 0.2) is 0 Å². The Morgan fingerprint density at radius 1 is 1.14 bits per heavy atom. The number of carbonyl (C=O) groups is 1. The number of rotatable bonds is 4. The first-order valence-corrected chi connectivity index (χ1v) is 8.54. The molecule has 0 bridgehead atoms. The smallest absolute Gasteiger partial charge is 0.410 e. The van der Waals surface area contributed by atoms with Crippen molar-refractivity contribution in [2.75, 3.05) is 13.6 Å². The Morgan fingerprint density at radius 3 is 2.24 bits per heavy atom. The SMILES string of the molecule is CN(C(=O)OC(C)(C)C)C1CCC(NCC2CCC2)CC1. The Bertz CT molecular complexity index is 339. The lowest BCUT2D eigenvalue weighted by Gasteiger charge is -2.36. The number of ether oxygens (including phenoxy) is 1. The topological polar surface area (TPSA) is 41.6 Å². The van der Waals surface area contributed by atoms with Crippen LogP contribution in [0, 0.1) is 5.92 Å². The summed E-state index contributed by atoms with van der Waals surface area (Å²) in [6, 6.07) is 0.982. The largest absolute Gasteiger partial charge is 0.444 e.